The second kappa shape index (κ2) is 7.81. The highest BCUT2D eigenvalue weighted by molar-refractivity contribution is 7.89. The zero-order valence-electron chi connectivity index (χ0n) is 14.7. The average Bonchev–Trinajstić information content (AvgIpc) is 3.08. The third kappa shape index (κ3) is 3.63. The molecule has 1 aromatic carbocycles. The second-order valence-corrected chi connectivity index (χ2v) is 8.98. The second-order valence-electron chi connectivity index (χ2n) is 6.09. The van der Waals surface area contributed by atoms with Crippen LogP contribution in [0.1, 0.15) is 16.4 Å². The van der Waals surface area contributed by atoms with E-state index in [0.717, 1.165) is 14.7 Å². The van der Waals surface area contributed by atoms with Gasteiger partial charge in [-0.3, -0.25) is 10.0 Å². The summed E-state index contributed by atoms with van der Waals surface area (Å²) in [6, 6.07) is 6.83. The van der Waals surface area contributed by atoms with Gasteiger partial charge in [-0.2, -0.15) is 4.31 Å². The number of carbonyl (C=O) groups is 1. The molecule has 2 heterocycles. The molecule has 0 fully saturated rings. The minimum absolute atomic E-state index is 0.0482. The Bertz CT molecular complexity index is 937. The molecule has 0 bridgehead atoms. The predicted octanol–water partition coefficient (Wildman–Crippen LogP) is 2.15. The van der Waals surface area contributed by atoms with Crippen molar-refractivity contribution < 1.29 is 23.2 Å². The van der Waals surface area contributed by atoms with E-state index in [0.29, 0.717) is 5.75 Å². The number of carbonyl (C=O) groups excluding carboxylic acids is 1. The van der Waals surface area contributed by atoms with Gasteiger partial charge in [-0.25, -0.2) is 13.9 Å². The number of hydroxylamine groups is 1. The number of methoxy groups -OCH3 is 1. The van der Waals surface area contributed by atoms with Gasteiger partial charge in [-0.15, -0.1) is 17.9 Å². The normalized spacial score (nSPS) is 20.4. The van der Waals surface area contributed by atoms with Crippen LogP contribution in [0.3, 0.4) is 0 Å². The molecular formula is C18H20N2O5S2. The van der Waals surface area contributed by atoms with Crippen LogP contribution >= 0.6 is 11.3 Å². The van der Waals surface area contributed by atoms with E-state index in [4.69, 9.17) is 9.94 Å². The van der Waals surface area contributed by atoms with Gasteiger partial charge in [0.25, 0.3) is 5.91 Å². The van der Waals surface area contributed by atoms with Crippen LogP contribution in [-0.2, 0) is 21.2 Å². The van der Waals surface area contributed by atoms with Gasteiger partial charge in [0.15, 0.2) is 0 Å². The van der Waals surface area contributed by atoms with Crippen molar-refractivity contribution in [3.8, 4) is 5.75 Å². The Morgan fingerprint density at radius 1 is 1.37 bits per heavy atom. The fraction of sp³-hybridized carbons (Fsp3) is 0.278. The van der Waals surface area contributed by atoms with Crippen LogP contribution in [0.5, 0.6) is 5.75 Å². The molecular weight excluding hydrogens is 388 g/mol. The van der Waals surface area contributed by atoms with Crippen LogP contribution < -0.4 is 10.2 Å². The summed E-state index contributed by atoms with van der Waals surface area (Å²) in [6.45, 7) is 3.88. The lowest BCUT2D eigenvalue weighted by Crippen LogP contribution is -2.50. The average molecular weight is 409 g/mol. The predicted molar refractivity (Wildman–Crippen MR) is 102 cm³/mol. The minimum atomic E-state index is -3.99. The molecule has 1 aromatic heterocycles. The van der Waals surface area contributed by atoms with Crippen molar-refractivity contribution in [2.75, 3.05) is 13.7 Å². The molecule has 2 atom stereocenters. The molecule has 7 nitrogen and oxygen atoms in total. The number of amides is 1. The highest BCUT2D eigenvalue weighted by Crippen LogP contribution is 2.35. The topological polar surface area (TPSA) is 95.9 Å². The number of hydrogen-bond donors (Lipinski definition) is 2. The molecule has 1 aliphatic heterocycles. The van der Waals surface area contributed by atoms with Gasteiger partial charge in [0, 0.05) is 23.8 Å². The molecule has 1 aliphatic rings. The van der Waals surface area contributed by atoms with Crippen molar-refractivity contribution in [2.24, 2.45) is 0 Å². The fourth-order valence-electron chi connectivity index (χ4n) is 3.19. The van der Waals surface area contributed by atoms with E-state index < -0.39 is 22.0 Å². The maximum atomic E-state index is 13.3. The summed E-state index contributed by atoms with van der Waals surface area (Å²) in [7, 11) is -2.50. The molecule has 0 aliphatic carbocycles. The molecule has 2 unspecified atom stereocenters. The largest absolute Gasteiger partial charge is 0.497 e. The molecule has 1 amide bonds. The number of ether oxygens (including phenoxy) is 1. The van der Waals surface area contributed by atoms with Crippen LogP contribution in [0.4, 0.5) is 0 Å². The van der Waals surface area contributed by atoms with E-state index in [9.17, 15) is 13.2 Å². The molecule has 27 heavy (non-hydrogen) atoms. The third-order valence-corrected chi connectivity index (χ3v) is 7.49. The number of nitrogens with zero attached hydrogens (tertiary/aromatic N) is 1. The standard InChI is InChI=1S/C18H20N2O5S2/c1-3-12-11-20(27(23,24)14-6-4-13(25-2)5-7-14)16(18(21)19-22)10-17-15(12)8-9-26-17/h3-9,12,16,22H,1,10-11H2,2H3,(H,19,21). The number of thiophene rings is 1. The van der Waals surface area contributed by atoms with E-state index in [1.54, 1.807) is 23.7 Å². The zero-order valence-corrected chi connectivity index (χ0v) is 16.3. The summed E-state index contributed by atoms with van der Waals surface area (Å²) in [5.41, 5.74) is 2.56. The third-order valence-electron chi connectivity index (χ3n) is 4.65. The minimum Gasteiger partial charge on any atom is -0.497 e. The number of rotatable bonds is 5. The Kier molecular flexibility index (Phi) is 5.66. The smallest absolute Gasteiger partial charge is 0.262 e. The summed E-state index contributed by atoms with van der Waals surface area (Å²) in [4.78, 5) is 13.3. The van der Waals surface area contributed by atoms with Gasteiger partial charge in [0.2, 0.25) is 10.0 Å². The van der Waals surface area contributed by atoms with Gasteiger partial charge in [0.1, 0.15) is 11.8 Å². The van der Waals surface area contributed by atoms with Gasteiger partial charge in [-0.1, -0.05) is 6.08 Å². The molecule has 144 valence electrons. The van der Waals surface area contributed by atoms with Crippen LogP contribution in [-0.4, -0.2) is 43.5 Å². The zero-order chi connectivity index (χ0) is 19.6. The Balaban J connectivity index is 2.07. The highest BCUT2D eigenvalue weighted by atomic mass is 32.2. The molecule has 9 heteroatoms. The molecule has 3 rings (SSSR count). The van der Waals surface area contributed by atoms with Crippen LogP contribution in [0.25, 0.3) is 0 Å². The van der Waals surface area contributed by atoms with Crippen molar-refractivity contribution in [1.82, 2.24) is 9.79 Å². The van der Waals surface area contributed by atoms with Crippen molar-refractivity contribution in [2.45, 2.75) is 23.3 Å². The lowest BCUT2D eigenvalue weighted by atomic mass is 10.0. The Morgan fingerprint density at radius 3 is 2.67 bits per heavy atom. The number of nitrogens with one attached hydrogen (secondary N) is 1. The number of sulfonamides is 1. The molecule has 0 saturated heterocycles. The molecule has 0 radical (unpaired) electrons. The Morgan fingerprint density at radius 2 is 2.07 bits per heavy atom. The lowest BCUT2D eigenvalue weighted by molar-refractivity contribution is -0.133. The lowest BCUT2D eigenvalue weighted by Gasteiger charge is -2.29. The monoisotopic (exact) mass is 408 g/mol. The van der Waals surface area contributed by atoms with E-state index in [2.05, 4.69) is 6.58 Å². The first-order valence-electron chi connectivity index (χ1n) is 8.21. The van der Waals surface area contributed by atoms with Crippen molar-refractivity contribution in [1.29, 1.82) is 0 Å². The van der Waals surface area contributed by atoms with Crippen LogP contribution in [0.2, 0.25) is 0 Å². The molecule has 0 saturated carbocycles. The van der Waals surface area contributed by atoms with Crippen LogP contribution in [0, 0.1) is 0 Å². The first-order chi connectivity index (χ1) is 12.9. The fourth-order valence-corrected chi connectivity index (χ4v) is 5.79. The van der Waals surface area contributed by atoms with Crippen molar-refractivity contribution >= 4 is 27.3 Å². The molecule has 2 N–H and O–H groups in total. The van der Waals surface area contributed by atoms with E-state index >= 15 is 0 Å². The van der Waals surface area contributed by atoms with E-state index in [1.807, 2.05) is 11.4 Å². The maximum Gasteiger partial charge on any atom is 0.262 e. The summed E-state index contributed by atoms with van der Waals surface area (Å²) in [5, 5.41) is 11.1. The highest BCUT2D eigenvalue weighted by Gasteiger charge is 2.40. The Labute approximate surface area is 161 Å². The van der Waals surface area contributed by atoms with E-state index in [1.165, 1.54) is 30.6 Å². The summed E-state index contributed by atoms with van der Waals surface area (Å²) in [6.07, 6.45) is 1.86. The number of benzene rings is 1. The van der Waals surface area contributed by atoms with Gasteiger partial charge >= 0.3 is 0 Å². The summed E-state index contributed by atoms with van der Waals surface area (Å²) < 4.78 is 32.8. The number of fused-ring (bicyclic) bond motifs is 1. The van der Waals surface area contributed by atoms with Crippen molar-refractivity contribution in [3.63, 3.8) is 0 Å². The maximum absolute atomic E-state index is 13.3. The summed E-state index contributed by atoms with van der Waals surface area (Å²) in [5.74, 6) is -0.493. The molecule has 2 aromatic rings. The van der Waals surface area contributed by atoms with E-state index in [-0.39, 0.29) is 23.8 Å². The van der Waals surface area contributed by atoms with Gasteiger partial charge < -0.3 is 4.74 Å². The Hall–Kier alpha value is -2.20. The first kappa shape index (κ1) is 19.6. The van der Waals surface area contributed by atoms with Crippen LogP contribution in [0.15, 0.2) is 53.3 Å². The summed E-state index contributed by atoms with van der Waals surface area (Å²) >= 11 is 1.46. The van der Waals surface area contributed by atoms with Gasteiger partial charge in [-0.05, 0) is 41.3 Å². The first-order valence-corrected chi connectivity index (χ1v) is 10.5. The van der Waals surface area contributed by atoms with Crippen molar-refractivity contribution in [3.05, 3.63) is 58.8 Å². The number of hydrogen-bond acceptors (Lipinski definition) is 6. The molecule has 0 spiro atoms. The quantitative estimate of drug-likeness (QED) is 0.449. The van der Waals surface area contributed by atoms with Gasteiger partial charge in [0.05, 0.1) is 12.0 Å². The SMILES string of the molecule is C=CC1CN(S(=O)(=O)c2ccc(OC)cc2)C(C(=O)NO)Cc2sccc21.